The van der Waals surface area contributed by atoms with E-state index in [-0.39, 0.29) is 10.9 Å². The number of pyridine rings is 1. The van der Waals surface area contributed by atoms with E-state index in [9.17, 15) is 13.2 Å². The Balaban J connectivity index is 1.44. The maximum atomic E-state index is 12.0. The zero-order valence-electron chi connectivity index (χ0n) is 15.7. The van der Waals surface area contributed by atoms with Gasteiger partial charge in [-0.2, -0.15) is 0 Å². The molecule has 8 heteroatoms. The molecule has 1 aromatic heterocycles. The van der Waals surface area contributed by atoms with Crippen molar-refractivity contribution in [3.63, 3.8) is 0 Å². The SMILES string of the molecule is NS(=O)(=O)c1ccc(CCNC(=O)Nc2ccc(Cc3ccncc3)cc2)cc1. The second kappa shape index (κ2) is 9.31. The number of hydrogen-bond donors (Lipinski definition) is 3. The largest absolute Gasteiger partial charge is 0.338 e. The first kappa shape index (κ1) is 20.5. The predicted molar refractivity (Wildman–Crippen MR) is 112 cm³/mol. The van der Waals surface area contributed by atoms with Crippen molar-refractivity contribution in [3.05, 3.63) is 89.7 Å². The minimum atomic E-state index is -3.69. The van der Waals surface area contributed by atoms with Crippen LogP contribution in [0.2, 0.25) is 0 Å². The summed E-state index contributed by atoms with van der Waals surface area (Å²) in [5.41, 5.74) is 3.93. The van der Waals surface area contributed by atoms with Gasteiger partial charge in [0.25, 0.3) is 0 Å². The van der Waals surface area contributed by atoms with Gasteiger partial charge in [0, 0.05) is 24.6 Å². The van der Waals surface area contributed by atoms with Crippen LogP contribution in [0.25, 0.3) is 0 Å². The molecule has 7 nitrogen and oxygen atoms in total. The highest BCUT2D eigenvalue weighted by Crippen LogP contribution is 2.13. The number of nitrogens with one attached hydrogen (secondary N) is 2. The number of hydrogen-bond acceptors (Lipinski definition) is 4. The zero-order chi connectivity index (χ0) is 20.7. The van der Waals surface area contributed by atoms with E-state index in [4.69, 9.17) is 5.14 Å². The molecule has 1 heterocycles. The molecule has 2 aromatic carbocycles. The molecule has 0 saturated heterocycles. The Morgan fingerprint density at radius 2 is 1.45 bits per heavy atom. The highest BCUT2D eigenvalue weighted by molar-refractivity contribution is 7.89. The van der Waals surface area contributed by atoms with Crippen LogP contribution < -0.4 is 15.8 Å². The number of nitrogens with two attached hydrogens (primary N) is 1. The second-order valence-electron chi connectivity index (χ2n) is 6.55. The Hall–Kier alpha value is -3.23. The van der Waals surface area contributed by atoms with Gasteiger partial charge < -0.3 is 10.6 Å². The molecular formula is C21H22N4O3S. The van der Waals surface area contributed by atoms with Crippen LogP contribution in [0.1, 0.15) is 16.7 Å². The van der Waals surface area contributed by atoms with Crippen molar-refractivity contribution in [2.75, 3.05) is 11.9 Å². The van der Waals surface area contributed by atoms with Crippen LogP contribution in [0.3, 0.4) is 0 Å². The lowest BCUT2D eigenvalue weighted by molar-refractivity contribution is 0.252. The van der Waals surface area contributed by atoms with Crippen molar-refractivity contribution in [2.24, 2.45) is 5.14 Å². The van der Waals surface area contributed by atoms with Crippen LogP contribution in [0.15, 0.2) is 78.0 Å². The second-order valence-corrected chi connectivity index (χ2v) is 8.11. The number of sulfonamides is 1. The van der Waals surface area contributed by atoms with Gasteiger partial charge in [-0.3, -0.25) is 4.98 Å². The molecule has 0 aliphatic heterocycles. The van der Waals surface area contributed by atoms with E-state index in [1.165, 1.54) is 17.7 Å². The number of urea groups is 1. The Kier molecular flexibility index (Phi) is 6.58. The number of benzene rings is 2. The van der Waals surface area contributed by atoms with Crippen molar-refractivity contribution < 1.29 is 13.2 Å². The number of carbonyl (C=O) groups excluding carboxylic acids is 1. The molecule has 3 aromatic rings. The van der Waals surface area contributed by atoms with Gasteiger partial charge in [0.05, 0.1) is 4.90 Å². The third-order valence-corrected chi connectivity index (χ3v) is 5.25. The van der Waals surface area contributed by atoms with Crippen molar-refractivity contribution in [1.82, 2.24) is 10.3 Å². The third-order valence-electron chi connectivity index (χ3n) is 4.32. The number of carbonyl (C=O) groups is 1. The van der Waals surface area contributed by atoms with Gasteiger partial charge in [0.1, 0.15) is 0 Å². The number of primary sulfonamides is 1. The van der Waals surface area contributed by atoms with Crippen molar-refractivity contribution >= 4 is 21.7 Å². The molecule has 0 aliphatic rings. The molecule has 0 unspecified atom stereocenters. The lowest BCUT2D eigenvalue weighted by Crippen LogP contribution is -2.30. The van der Waals surface area contributed by atoms with E-state index in [1.54, 1.807) is 24.5 Å². The van der Waals surface area contributed by atoms with E-state index in [0.717, 1.165) is 17.5 Å². The van der Waals surface area contributed by atoms with E-state index >= 15 is 0 Å². The van der Waals surface area contributed by atoms with Gasteiger partial charge in [0.2, 0.25) is 10.0 Å². The average molecular weight is 410 g/mol. The Morgan fingerprint density at radius 1 is 0.862 bits per heavy atom. The van der Waals surface area contributed by atoms with Crippen molar-refractivity contribution in [1.29, 1.82) is 0 Å². The fourth-order valence-electron chi connectivity index (χ4n) is 2.78. The summed E-state index contributed by atoms with van der Waals surface area (Å²) in [5.74, 6) is 0. The van der Waals surface area contributed by atoms with Crippen molar-refractivity contribution in [3.8, 4) is 0 Å². The van der Waals surface area contributed by atoms with Crippen LogP contribution >= 0.6 is 0 Å². The molecule has 0 saturated carbocycles. The summed E-state index contributed by atoms with van der Waals surface area (Å²) in [6, 6.07) is 17.6. The van der Waals surface area contributed by atoms with E-state index in [1.807, 2.05) is 36.4 Å². The Labute approximate surface area is 170 Å². The van der Waals surface area contributed by atoms with E-state index in [2.05, 4.69) is 15.6 Å². The minimum absolute atomic E-state index is 0.0688. The maximum Gasteiger partial charge on any atom is 0.319 e. The van der Waals surface area contributed by atoms with Gasteiger partial charge in [-0.15, -0.1) is 0 Å². The molecule has 0 aliphatic carbocycles. The van der Waals surface area contributed by atoms with E-state index < -0.39 is 10.0 Å². The number of nitrogens with zero attached hydrogens (tertiary/aromatic N) is 1. The highest BCUT2D eigenvalue weighted by atomic mass is 32.2. The summed E-state index contributed by atoms with van der Waals surface area (Å²) in [7, 11) is -3.69. The fourth-order valence-corrected chi connectivity index (χ4v) is 3.30. The topological polar surface area (TPSA) is 114 Å². The first-order valence-electron chi connectivity index (χ1n) is 9.04. The number of amides is 2. The van der Waals surface area contributed by atoms with Crippen LogP contribution in [0, 0.1) is 0 Å². The van der Waals surface area contributed by atoms with Gasteiger partial charge in [-0.1, -0.05) is 24.3 Å². The lowest BCUT2D eigenvalue weighted by atomic mass is 10.1. The smallest absolute Gasteiger partial charge is 0.319 e. The molecule has 0 bridgehead atoms. The first-order valence-corrected chi connectivity index (χ1v) is 10.6. The number of rotatable bonds is 7. The van der Waals surface area contributed by atoms with Crippen molar-refractivity contribution in [2.45, 2.75) is 17.7 Å². The standard InChI is InChI=1S/C21H22N4O3S/c22-29(27,28)20-7-3-16(4-8-20)11-14-24-21(26)25-19-5-1-17(2-6-19)15-18-9-12-23-13-10-18/h1-10,12-13H,11,14-15H2,(H2,22,27,28)(H2,24,25,26). The molecule has 0 radical (unpaired) electrons. The Bertz CT molecular complexity index is 1050. The molecule has 4 N–H and O–H groups in total. The van der Waals surface area contributed by atoms with Crippen LogP contribution in [-0.4, -0.2) is 26.0 Å². The fraction of sp³-hybridized carbons (Fsp3) is 0.143. The normalized spacial score (nSPS) is 11.1. The molecule has 0 fully saturated rings. The Morgan fingerprint density at radius 3 is 2.07 bits per heavy atom. The zero-order valence-corrected chi connectivity index (χ0v) is 16.5. The molecule has 2 amide bonds. The summed E-state index contributed by atoms with van der Waals surface area (Å²) in [4.78, 5) is 16.1. The number of anilines is 1. The average Bonchev–Trinajstić information content (AvgIpc) is 2.70. The summed E-state index contributed by atoms with van der Waals surface area (Å²) in [6.45, 7) is 0.417. The van der Waals surface area contributed by atoms with Gasteiger partial charge in [-0.05, 0) is 65.9 Å². The third kappa shape index (κ3) is 6.41. The summed E-state index contributed by atoms with van der Waals surface area (Å²) in [5, 5.41) is 10.6. The van der Waals surface area contributed by atoms with Crippen LogP contribution in [-0.2, 0) is 22.9 Å². The molecule has 0 atom stereocenters. The highest BCUT2D eigenvalue weighted by Gasteiger charge is 2.07. The number of aromatic nitrogens is 1. The predicted octanol–water partition coefficient (Wildman–Crippen LogP) is 2.68. The monoisotopic (exact) mass is 410 g/mol. The molecule has 0 spiro atoms. The van der Waals surface area contributed by atoms with Gasteiger partial charge >= 0.3 is 6.03 Å². The summed E-state index contributed by atoms with van der Waals surface area (Å²) >= 11 is 0. The first-order chi connectivity index (χ1) is 13.9. The van der Waals surface area contributed by atoms with Crippen LogP contribution in [0.5, 0.6) is 0 Å². The van der Waals surface area contributed by atoms with E-state index in [0.29, 0.717) is 18.7 Å². The van der Waals surface area contributed by atoms with Gasteiger partial charge in [0.15, 0.2) is 0 Å². The maximum absolute atomic E-state index is 12.0. The lowest BCUT2D eigenvalue weighted by Gasteiger charge is -2.09. The molecule has 3 rings (SSSR count). The molecular weight excluding hydrogens is 388 g/mol. The summed E-state index contributed by atoms with van der Waals surface area (Å²) < 4.78 is 22.5. The summed E-state index contributed by atoms with van der Waals surface area (Å²) in [6.07, 6.45) is 4.91. The molecule has 29 heavy (non-hydrogen) atoms. The van der Waals surface area contributed by atoms with Crippen LogP contribution in [0.4, 0.5) is 10.5 Å². The molecule has 150 valence electrons. The minimum Gasteiger partial charge on any atom is -0.338 e. The van der Waals surface area contributed by atoms with Gasteiger partial charge in [-0.25, -0.2) is 18.4 Å². The quantitative estimate of drug-likeness (QED) is 0.555.